The van der Waals surface area contributed by atoms with Crippen LogP contribution >= 0.6 is 11.8 Å². The van der Waals surface area contributed by atoms with E-state index in [2.05, 4.69) is 0 Å². The molecule has 0 aliphatic carbocycles. The van der Waals surface area contributed by atoms with Gasteiger partial charge in [-0.25, -0.2) is 0 Å². The molecule has 0 unspecified atom stereocenters. The van der Waals surface area contributed by atoms with Crippen LogP contribution < -0.4 is 0 Å². The quantitative estimate of drug-likeness (QED) is 0.343. The lowest BCUT2D eigenvalue weighted by Gasteiger charge is -2.03. The summed E-state index contributed by atoms with van der Waals surface area (Å²) in [6, 6.07) is 9.35. The molecule has 4 nitrogen and oxygen atoms in total. The summed E-state index contributed by atoms with van der Waals surface area (Å²) in [6.07, 6.45) is 1.38. The summed E-state index contributed by atoms with van der Waals surface area (Å²) in [7, 11) is 0. The molecule has 0 N–H and O–H groups in total. The van der Waals surface area contributed by atoms with Crippen LogP contribution in [-0.4, -0.2) is 16.1 Å². The van der Waals surface area contributed by atoms with E-state index in [0.29, 0.717) is 0 Å². The van der Waals surface area contributed by atoms with Crippen molar-refractivity contribution in [3.63, 3.8) is 0 Å². The fourth-order valence-electron chi connectivity index (χ4n) is 1.62. The second kappa shape index (κ2) is 4.43. The molecule has 2 rings (SSSR count). The van der Waals surface area contributed by atoms with Crippen LogP contribution in [-0.2, 0) is 4.74 Å². The molecule has 1 aliphatic rings. The second-order valence-corrected chi connectivity index (χ2v) is 4.96. The molecule has 1 fully saturated rings. The largest absolute Gasteiger partial charge is 0.405 e. The number of rotatable bonds is 5. The van der Waals surface area contributed by atoms with E-state index in [0.717, 1.165) is 17.7 Å². The van der Waals surface area contributed by atoms with Crippen molar-refractivity contribution in [3.05, 3.63) is 40.4 Å². The average Bonchev–Trinajstić information content (AvgIpc) is 2.95. The van der Waals surface area contributed by atoms with Crippen molar-refractivity contribution in [2.24, 2.45) is 0 Å². The van der Waals surface area contributed by atoms with Crippen molar-refractivity contribution in [2.75, 3.05) is 0 Å². The number of nitrogens with zero attached hydrogens (tertiary/aromatic N) is 1. The zero-order chi connectivity index (χ0) is 11.6. The van der Waals surface area contributed by atoms with E-state index in [1.54, 1.807) is 0 Å². The normalized spacial score (nSPS) is 27.7. The zero-order valence-electron chi connectivity index (χ0n) is 8.96. The van der Waals surface area contributed by atoms with Crippen molar-refractivity contribution >= 4 is 11.8 Å². The van der Waals surface area contributed by atoms with Gasteiger partial charge in [0.2, 0.25) is 0 Å². The Morgan fingerprint density at radius 3 is 2.75 bits per heavy atom. The molecule has 1 heterocycles. The van der Waals surface area contributed by atoms with E-state index in [9.17, 15) is 10.1 Å². The summed E-state index contributed by atoms with van der Waals surface area (Å²) in [5.74, 6) is 0. The minimum absolute atomic E-state index is 0.252. The van der Waals surface area contributed by atoms with E-state index < -0.39 is 5.06 Å². The van der Waals surface area contributed by atoms with Crippen LogP contribution in [0.25, 0.3) is 0 Å². The smallest absolute Gasteiger partial charge is 0.289 e. The Morgan fingerprint density at radius 1 is 1.50 bits per heavy atom. The molecule has 86 valence electrons. The lowest BCUT2D eigenvalue weighted by molar-refractivity contribution is -0.532. The van der Waals surface area contributed by atoms with Gasteiger partial charge in [0.1, 0.15) is 0 Å². The Kier molecular flexibility index (Phi) is 3.16. The average molecular weight is 239 g/mol. The summed E-state index contributed by atoms with van der Waals surface area (Å²) in [5.41, 5.74) is 0. The maximum absolute atomic E-state index is 11.0. The minimum atomic E-state index is -1.24. The first-order valence-corrected chi connectivity index (χ1v) is 6.07. The molecule has 16 heavy (non-hydrogen) atoms. The first-order chi connectivity index (χ1) is 7.69. The molecule has 0 aromatic heterocycles. The van der Waals surface area contributed by atoms with Crippen molar-refractivity contribution in [2.45, 2.75) is 35.8 Å². The lowest BCUT2D eigenvalue weighted by atomic mass is 10.2. The van der Waals surface area contributed by atoms with Gasteiger partial charge < -0.3 is 0 Å². The van der Waals surface area contributed by atoms with E-state index >= 15 is 0 Å². The number of benzene rings is 1. The molecule has 0 amide bonds. The standard InChI is InChI=1S/C11H13NO3S/c1-2-6-10-11(15-10,12(13)14)16-9-7-4-3-5-8-9/h3-5,7-8,10H,2,6H2,1H3/t10-,11-/m1/s1. The number of thioether (sulfide) groups is 1. The number of ether oxygens (including phenoxy) is 1. The van der Waals surface area contributed by atoms with Gasteiger partial charge in [-0.1, -0.05) is 31.5 Å². The lowest BCUT2D eigenvalue weighted by Crippen LogP contribution is -2.22. The Hall–Kier alpha value is -1.07. The van der Waals surface area contributed by atoms with E-state index in [4.69, 9.17) is 4.74 Å². The molecule has 0 spiro atoms. The Bertz CT molecular complexity index is 384. The zero-order valence-corrected chi connectivity index (χ0v) is 9.78. The van der Waals surface area contributed by atoms with Crippen LogP contribution in [0.2, 0.25) is 0 Å². The molecule has 5 heteroatoms. The maximum Gasteiger partial charge on any atom is 0.405 e. The van der Waals surface area contributed by atoms with Crippen LogP contribution in [0.3, 0.4) is 0 Å². The van der Waals surface area contributed by atoms with Gasteiger partial charge in [-0.05, 0) is 30.3 Å². The van der Waals surface area contributed by atoms with Crippen LogP contribution in [0.5, 0.6) is 0 Å². The highest BCUT2D eigenvalue weighted by molar-refractivity contribution is 8.00. The van der Waals surface area contributed by atoms with E-state index in [1.165, 1.54) is 11.8 Å². The summed E-state index contributed by atoms with van der Waals surface area (Å²) in [4.78, 5) is 11.6. The van der Waals surface area contributed by atoms with Crippen molar-refractivity contribution in [1.82, 2.24) is 0 Å². The molecule has 1 aliphatic heterocycles. The fourth-order valence-corrected chi connectivity index (χ4v) is 2.74. The monoisotopic (exact) mass is 239 g/mol. The summed E-state index contributed by atoms with van der Waals surface area (Å²) in [6.45, 7) is 2.00. The first-order valence-electron chi connectivity index (χ1n) is 5.25. The van der Waals surface area contributed by atoms with Crippen molar-refractivity contribution < 1.29 is 9.66 Å². The highest BCUT2D eigenvalue weighted by atomic mass is 32.2. The van der Waals surface area contributed by atoms with Crippen molar-refractivity contribution in [1.29, 1.82) is 0 Å². The summed E-state index contributed by atoms with van der Waals surface area (Å²) in [5, 5.41) is 9.79. The van der Waals surface area contributed by atoms with Gasteiger partial charge in [-0.2, -0.15) is 0 Å². The molecule has 1 aromatic rings. The highest BCUT2D eigenvalue weighted by Crippen LogP contribution is 2.51. The Morgan fingerprint density at radius 2 is 2.19 bits per heavy atom. The van der Waals surface area contributed by atoms with Crippen LogP contribution in [0.15, 0.2) is 35.2 Å². The SMILES string of the molecule is CCC[C@H]1O[C@]1(Sc1ccccc1)[N+](=O)[O-]. The molecule has 0 radical (unpaired) electrons. The third-order valence-corrected chi connectivity index (χ3v) is 3.78. The van der Waals surface area contributed by atoms with Gasteiger partial charge in [0.05, 0.1) is 4.92 Å². The van der Waals surface area contributed by atoms with Gasteiger partial charge >= 0.3 is 5.06 Å². The molecule has 0 bridgehead atoms. The minimum Gasteiger partial charge on any atom is -0.289 e. The van der Waals surface area contributed by atoms with Gasteiger partial charge in [0.25, 0.3) is 0 Å². The molecular formula is C11H13NO3S. The Balaban J connectivity index is 2.09. The van der Waals surface area contributed by atoms with Gasteiger partial charge in [0.15, 0.2) is 6.10 Å². The third-order valence-electron chi connectivity index (χ3n) is 2.47. The molecule has 1 aromatic carbocycles. The van der Waals surface area contributed by atoms with Crippen molar-refractivity contribution in [3.8, 4) is 0 Å². The maximum atomic E-state index is 11.0. The van der Waals surface area contributed by atoms with Gasteiger partial charge in [-0.3, -0.25) is 14.9 Å². The van der Waals surface area contributed by atoms with Crippen LogP contribution in [0, 0.1) is 10.1 Å². The summed E-state index contributed by atoms with van der Waals surface area (Å²) >= 11 is 1.19. The van der Waals surface area contributed by atoms with Gasteiger partial charge in [0, 0.05) is 4.90 Å². The molecule has 0 saturated carbocycles. The molecule has 2 atom stereocenters. The van der Waals surface area contributed by atoms with E-state index in [-0.39, 0.29) is 11.0 Å². The number of hydrogen-bond acceptors (Lipinski definition) is 4. The highest BCUT2D eigenvalue weighted by Gasteiger charge is 2.69. The third kappa shape index (κ3) is 2.05. The number of nitro groups is 1. The predicted octanol–water partition coefficient (Wildman–Crippen LogP) is 2.91. The number of hydrogen-bond donors (Lipinski definition) is 0. The van der Waals surface area contributed by atoms with Crippen LogP contribution in [0.4, 0.5) is 0 Å². The van der Waals surface area contributed by atoms with Gasteiger partial charge in [-0.15, -0.1) is 0 Å². The molecular weight excluding hydrogens is 226 g/mol. The molecule has 1 saturated heterocycles. The first kappa shape index (κ1) is 11.4. The fraction of sp³-hybridized carbons (Fsp3) is 0.455. The van der Waals surface area contributed by atoms with Crippen LogP contribution in [0.1, 0.15) is 19.8 Å². The topological polar surface area (TPSA) is 55.7 Å². The number of epoxide rings is 1. The second-order valence-electron chi connectivity index (χ2n) is 3.70. The summed E-state index contributed by atoms with van der Waals surface area (Å²) < 4.78 is 5.27. The Labute approximate surface area is 98.1 Å². The van der Waals surface area contributed by atoms with E-state index in [1.807, 2.05) is 37.3 Å². The predicted molar refractivity (Wildman–Crippen MR) is 61.8 cm³/mol.